The lowest BCUT2D eigenvalue weighted by Crippen LogP contribution is -2.24. The number of nitrogens with two attached hydrogens (primary N) is 2. The van der Waals surface area contributed by atoms with E-state index in [2.05, 4.69) is 4.99 Å². The Bertz CT molecular complexity index is 144. The summed E-state index contributed by atoms with van der Waals surface area (Å²) in [4.78, 5) is 3.72. The largest absolute Gasteiger partial charge is 0.370 e. The molecule has 0 aromatic rings. The Balaban J connectivity index is 0. The van der Waals surface area contributed by atoms with Crippen molar-refractivity contribution in [3.05, 3.63) is 0 Å². The summed E-state index contributed by atoms with van der Waals surface area (Å²) in [5.41, 5.74) is 10.1. The average molecular weight is 207 g/mol. The van der Waals surface area contributed by atoms with Crippen LogP contribution >= 0.6 is 17.0 Å². The standard InChI is InChI=1S/C5H10N4.BrH/c1-4(2-3-6)9-5(7)8;/h4H,2H2,1H3,(H4,7,8,9);1H. The van der Waals surface area contributed by atoms with Crippen molar-refractivity contribution < 1.29 is 0 Å². The first-order valence-corrected chi connectivity index (χ1v) is 2.62. The molecule has 58 valence electrons. The van der Waals surface area contributed by atoms with Crippen molar-refractivity contribution in [2.75, 3.05) is 0 Å². The zero-order valence-corrected chi connectivity index (χ0v) is 7.45. The Morgan fingerprint density at radius 1 is 1.70 bits per heavy atom. The molecule has 0 aromatic carbocycles. The van der Waals surface area contributed by atoms with E-state index in [1.165, 1.54) is 0 Å². The summed E-state index contributed by atoms with van der Waals surface area (Å²) in [6, 6.07) is 1.87. The molecule has 0 aliphatic rings. The maximum Gasteiger partial charge on any atom is 0.186 e. The number of hydrogen-bond donors (Lipinski definition) is 2. The van der Waals surface area contributed by atoms with E-state index in [-0.39, 0.29) is 29.0 Å². The third-order valence-electron chi connectivity index (χ3n) is 0.756. The molecule has 0 aliphatic carbocycles. The van der Waals surface area contributed by atoms with E-state index >= 15 is 0 Å². The zero-order chi connectivity index (χ0) is 7.28. The lowest BCUT2D eigenvalue weighted by Gasteiger charge is -1.97. The van der Waals surface area contributed by atoms with Crippen molar-refractivity contribution in [1.29, 1.82) is 5.26 Å². The van der Waals surface area contributed by atoms with Crippen LogP contribution < -0.4 is 11.5 Å². The van der Waals surface area contributed by atoms with E-state index in [0.29, 0.717) is 6.42 Å². The highest BCUT2D eigenvalue weighted by Gasteiger charge is 1.95. The van der Waals surface area contributed by atoms with Crippen LogP contribution in [0.25, 0.3) is 0 Å². The Hall–Kier alpha value is -0.760. The summed E-state index contributed by atoms with van der Waals surface area (Å²) in [6.07, 6.45) is 0.359. The second-order valence-corrected chi connectivity index (χ2v) is 1.77. The van der Waals surface area contributed by atoms with Gasteiger partial charge in [-0.1, -0.05) is 0 Å². The van der Waals surface area contributed by atoms with Crippen LogP contribution in [0.1, 0.15) is 13.3 Å². The van der Waals surface area contributed by atoms with Gasteiger partial charge in [0.1, 0.15) is 0 Å². The Morgan fingerprint density at radius 2 is 2.20 bits per heavy atom. The minimum absolute atomic E-state index is 0. The van der Waals surface area contributed by atoms with Crippen LogP contribution in [0, 0.1) is 11.3 Å². The van der Waals surface area contributed by atoms with Gasteiger partial charge in [-0.15, -0.1) is 17.0 Å². The third kappa shape index (κ3) is 7.24. The van der Waals surface area contributed by atoms with Gasteiger partial charge < -0.3 is 11.5 Å². The van der Waals surface area contributed by atoms with Crippen molar-refractivity contribution in [2.24, 2.45) is 16.5 Å². The second-order valence-electron chi connectivity index (χ2n) is 1.77. The summed E-state index contributed by atoms with van der Waals surface area (Å²) in [5, 5.41) is 8.15. The SMILES string of the molecule is Br.CC(CC#N)N=C(N)N. The maximum absolute atomic E-state index is 8.15. The van der Waals surface area contributed by atoms with E-state index in [4.69, 9.17) is 16.7 Å². The van der Waals surface area contributed by atoms with Crippen LogP contribution in [0.15, 0.2) is 4.99 Å². The molecule has 0 bridgehead atoms. The van der Waals surface area contributed by atoms with E-state index in [9.17, 15) is 0 Å². The van der Waals surface area contributed by atoms with Crippen molar-refractivity contribution in [1.82, 2.24) is 0 Å². The van der Waals surface area contributed by atoms with Gasteiger partial charge in [-0.2, -0.15) is 5.26 Å². The maximum atomic E-state index is 8.15. The van der Waals surface area contributed by atoms with Crippen LogP contribution in [0.3, 0.4) is 0 Å². The Morgan fingerprint density at radius 3 is 2.50 bits per heavy atom. The summed E-state index contributed by atoms with van der Waals surface area (Å²) in [7, 11) is 0. The van der Waals surface area contributed by atoms with Crippen molar-refractivity contribution >= 4 is 22.9 Å². The van der Waals surface area contributed by atoms with Gasteiger partial charge in [-0.25, -0.2) is 4.99 Å². The van der Waals surface area contributed by atoms with Gasteiger partial charge in [-0.3, -0.25) is 0 Å². The van der Waals surface area contributed by atoms with Gasteiger partial charge in [0.15, 0.2) is 5.96 Å². The minimum Gasteiger partial charge on any atom is -0.370 e. The molecule has 1 unspecified atom stereocenters. The molecule has 0 saturated carbocycles. The van der Waals surface area contributed by atoms with Gasteiger partial charge >= 0.3 is 0 Å². The smallest absolute Gasteiger partial charge is 0.186 e. The predicted molar refractivity (Wildman–Crippen MR) is 45.8 cm³/mol. The quantitative estimate of drug-likeness (QED) is 0.498. The fourth-order valence-corrected chi connectivity index (χ4v) is 0.432. The number of aliphatic imine (C=N–C) groups is 1. The van der Waals surface area contributed by atoms with Gasteiger partial charge in [0, 0.05) is 0 Å². The zero-order valence-electron chi connectivity index (χ0n) is 5.74. The minimum atomic E-state index is -0.0833. The van der Waals surface area contributed by atoms with E-state index in [0.717, 1.165) is 0 Å². The van der Waals surface area contributed by atoms with Crippen molar-refractivity contribution in [3.8, 4) is 6.07 Å². The van der Waals surface area contributed by atoms with Crippen LogP contribution in [0.5, 0.6) is 0 Å². The molecule has 0 aliphatic heterocycles. The van der Waals surface area contributed by atoms with E-state index < -0.39 is 0 Å². The molecule has 10 heavy (non-hydrogen) atoms. The lowest BCUT2D eigenvalue weighted by atomic mass is 10.3. The fraction of sp³-hybridized carbons (Fsp3) is 0.600. The van der Waals surface area contributed by atoms with E-state index in [1.54, 1.807) is 6.92 Å². The van der Waals surface area contributed by atoms with Crippen LogP contribution in [0.4, 0.5) is 0 Å². The number of guanidine groups is 1. The monoisotopic (exact) mass is 206 g/mol. The number of nitrogens with zero attached hydrogens (tertiary/aromatic N) is 2. The molecule has 0 spiro atoms. The molecule has 0 rings (SSSR count). The fourth-order valence-electron chi connectivity index (χ4n) is 0.432. The first-order valence-electron chi connectivity index (χ1n) is 2.62. The molecule has 0 amide bonds. The van der Waals surface area contributed by atoms with Crippen LogP contribution in [-0.2, 0) is 0 Å². The third-order valence-corrected chi connectivity index (χ3v) is 0.756. The van der Waals surface area contributed by atoms with Gasteiger partial charge in [0.05, 0.1) is 18.5 Å². The molecular formula is C5H11BrN4. The van der Waals surface area contributed by atoms with Crippen LogP contribution in [0.2, 0.25) is 0 Å². The Labute approximate surface area is 70.7 Å². The molecule has 4 nitrogen and oxygen atoms in total. The van der Waals surface area contributed by atoms with Crippen molar-refractivity contribution in [3.63, 3.8) is 0 Å². The number of nitriles is 1. The highest BCUT2D eigenvalue weighted by Crippen LogP contribution is 1.92. The summed E-state index contributed by atoms with van der Waals surface area (Å²) >= 11 is 0. The van der Waals surface area contributed by atoms with Crippen molar-refractivity contribution in [2.45, 2.75) is 19.4 Å². The van der Waals surface area contributed by atoms with E-state index in [1.807, 2.05) is 6.07 Å². The molecular weight excluding hydrogens is 196 g/mol. The highest BCUT2D eigenvalue weighted by atomic mass is 79.9. The second kappa shape index (κ2) is 6.36. The average Bonchev–Trinajstić information content (AvgIpc) is 1.63. The molecule has 0 fully saturated rings. The first-order chi connectivity index (χ1) is 4.16. The summed E-state index contributed by atoms with van der Waals surface area (Å²) in [5.74, 6) is 0.0396. The number of halogens is 1. The topological polar surface area (TPSA) is 88.2 Å². The molecule has 0 heterocycles. The molecule has 0 aromatic heterocycles. The summed E-state index contributed by atoms with van der Waals surface area (Å²) in [6.45, 7) is 1.78. The normalized spacial score (nSPS) is 10.4. The molecule has 5 heteroatoms. The van der Waals surface area contributed by atoms with Crippen LogP contribution in [-0.4, -0.2) is 12.0 Å². The highest BCUT2D eigenvalue weighted by molar-refractivity contribution is 8.93. The molecule has 4 N–H and O–H groups in total. The van der Waals surface area contributed by atoms with Gasteiger partial charge in [0.25, 0.3) is 0 Å². The predicted octanol–water partition coefficient (Wildman–Crippen LogP) is 0.140. The van der Waals surface area contributed by atoms with Gasteiger partial charge in [-0.05, 0) is 6.92 Å². The lowest BCUT2D eigenvalue weighted by molar-refractivity contribution is 0.764. The molecule has 1 atom stereocenters. The molecule has 0 saturated heterocycles. The molecule has 0 radical (unpaired) electrons. The first kappa shape index (κ1) is 12.0. The van der Waals surface area contributed by atoms with Gasteiger partial charge in [0.2, 0.25) is 0 Å². The number of rotatable bonds is 2. The Kier molecular flexibility index (Phi) is 7.61. The summed E-state index contributed by atoms with van der Waals surface area (Å²) < 4.78 is 0. The number of hydrogen-bond acceptors (Lipinski definition) is 2.